The summed E-state index contributed by atoms with van der Waals surface area (Å²) in [4.78, 5) is 0. The van der Waals surface area contributed by atoms with E-state index in [1.807, 2.05) is 0 Å². The predicted octanol–water partition coefficient (Wildman–Crippen LogP) is 2.42. The lowest BCUT2D eigenvalue weighted by Crippen LogP contribution is -2.44. The largest absolute Gasteiger partial charge is 0.313 e. The lowest BCUT2D eigenvalue weighted by molar-refractivity contribution is 0.294. The molecule has 1 N–H and O–H groups in total. The Morgan fingerprint density at radius 2 is 1.73 bits per heavy atom. The highest BCUT2D eigenvalue weighted by atomic mass is 32.2. The maximum absolute atomic E-state index is 11.9. The monoisotopic (exact) mass is 233 g/mol. The van der Waals surface area contributed by atoms with E-state index in [2.05, 4.69) is 46.9 Å². The maximum Gasteiger partial charge on any atom is 0.0393 e. The predicted molar refractivity (Wildman–Crippen MR) is 69.6 cm³/mol. The van der Waals surface area contributed by atoms with E-state index in [4.69, 9.17) is 0 Å². The van der Waals surface area contributed by atoms with Gasteiger partial charge in [-0.15, -0.1) is 0 Å². The molecule has 2 unspecified atom stereocenters. The molecule has 0 heterocycles. The number of hydrogen-bond donors (Lipinski definition) is 1. The molecular weight excluding hydrogens is 206 g/mol. The molecule has 0 aliphatic heterocycles. The average molecular weight is 233 g/mol. The van der Waals surface area contributed by atoms with Crippen molar-refractivity contribution in [3.8, 4) is 0 Å². The van der Waals surface area contributed by atoms with Crippen molar-refractivity contribution in [3.05, 3.63) is 0 Å². The minimum Gasteiger partial charge on any atom is -0.313 e. The van der Waals surface area contributed by atoms with Crippen molar-refractivity contribution >= 4 is 10.8 Å². The molecule has 92 valence electrons. The van der Waals surface area contributed by atoms with Gasteiger partial charge in [-0.1, -0.05) is 41.5 Å². The lowest BCUT2D eigenvalue weighted by atomic mass is 9.88. The average Bonchev–Trinajstić information content (AvgIpc) is 2.00. The van der Waals surface area contributed by atoms with Crippen LogP contribution in [-0.2, 0) is 10.8 Å². The molecule has 3 heteroatoms. The van der Waals surface area contributed by atoms with Gasteiger partial charge in [0, 0.05) is 28.3 Å². The normalized spacial score (nSPS) is 16.7. The SMILES string of the molecule is CCNC(CS(=O)CC(C)C)C(C)(C)C. The first-order valence-corrected chi connectivity index (χ1v) is 7.34. The molecule has 0 aromatic rings. The van der Waals surface area contributed by atoms with Crippen LogP contribution >= 0.6 is 0 Å². The van der Waals surface area contributed by atoms with Crippen LogP contribution in [0.15, 0.2) is 0 Å². The molecule has 0 saturated carbocycles. The van der Waals surface area contributed by atoms with Gasteiger partial charge >= 0.3 is 0 Å². The van der Waals surface area contributed by atoms with Crippen LogP contribution in [0.25, 0.3) is 0 Å². The van der Waals surface area contributed by atoms with Crippen molar-refractivity contribution < 1.29 is 4.21 Å². The summed E-state index contributed by atoms with van der Waals surface area (Å²) in [7, 11) is -0.691. The second-order valence-electron chi connectivity index (χ2n) is 5.64. The molecule has 0 amide bonds. The van der Waals surface area contributed by atoms with Crippen molar-refractivity contribution in [2.45, 2.75) is 47.6 Å². The fraction of sp³-hybridized carbons (Fsp3) is 1.00. The van der Waals surface area contributed by atoms with Crippen LogP contribution in [-0.4, -0.2) is 28.3 Å². The van der Waals surface area contributed by atoms with E-state index in [0.717, 1.165) is 18.1 Å². The zero-order chi connectivity index (χ0) is 12.1. The molecule has 0 rings (SSSR count). The Bertz CT molecular complexity index is 196. The molecule has 0 spiro atoms. The van der Waals surface area contributed by atoms with E-state index < -0.39 is 10.8 Å². The minimum atomic E-state index is -0.691. The van der Waals surface area contributed by atoms with Crippen LogP contribution < -0.4 is 5.32 Å². The van der Waals surface area contributed by atoms with Crippen LogP contribution in [0.1, 0.15) is 41.5 Å². The summed E-state index contributed by atoms with van der Waals surface area (Å²) < 4.78 is 11.9. The van der Waals surface area contributed by atoms with Crippen LogP contribution in [0.2, 0.25) is 0 Å². The molecule has 0 aromatic carbocycles. The molecule has 0 aliphatic carbocycles. The Morgan fingerprint density at radius 1 is 1.20 bits per heavy atom. The van der Waals surface area contributed by atoms with Gasteiger partial charge in [0.1, 0.15) is 0 Å². The molecule has 15 heavy (non-hydrogen) atoms. The Morgan fingerprint density at radius 3 is 2.07 bits per heavy atom. The molecular formula is C12H27NOS. The van der Waals surface area contributed by atoms with Crippen molar-refractivity contribution in [1.29, 1.82) is 0 Å². The molecule has 0 bridgehead atoms. The molecule has 0 radical (unpaired) electrons. The quantitative estimate of drug-likeness (QED) is 0.763. The summed E-state index contributed by atoms with van der Waals surface area (Å²) in [5.74, 6) is 2.11. The van der Waals surface area contributed by atoms with Gasteiger partial charge in [0.2, 0.25) is 0 Å². The van der Waals surface area contributed by atoms with Gasteiger partial charge in [0.05, 0.1) is 0 Å². The number of rotatable bonds is 6. The third-order valence-corrected chi connectivity index (χ3v) is 4.11. The summed E-state index contributed by atoms with van der Waals surface area (Å²) in [5, 5.41) is 3.43. The van der Waals surface area contributed by atoms with Gasteiger partial charge < -0.3 is 5.32 Å². The summed E-state index contributed by atoms with van der Waals surface area (Å²) in [6.07, 6.45) is 0. The third-order valence-electron chi connectivity index (χ3n) is 2.37. The maximum atomic E-state index is 11.9. The summed E-state index contributed by atoms with van der Waals surface area (Å²) in [6.45, 7) is 13.9. The second-order valence-corrected chi connectivity index (χ2v) is 7.19. The zero-order valence-corrected chi connectivity index (χ0v) is 11.9. The Labute approximate surface area is 97.7 Å². The molecule has 0 aliphatic rings. The van der Waals surface area contributed by atoms with Gasteiger partial charge in [0.25, 0.3) is 0 Å². The topological polar surface area (TPSA) is 29.1 Å². The first kappa shape index (κ1) is 15.1. The van der Waals surface area contributed by atoms with E-state index in [1.54, 1.807) is 0 Å². The summed E-state index contributed by atoms with van der Waals surface area (Å²) in [6, 6.07) is 0.349. The Kier molecular flexibility index (Phi) is 6.69. The molecule has 0 aromatic heterocycles. The van der Waals surface area contributed by atoms with Gasteiger partial charge in [-0.2, -0.15) is 0 Å². The van der Waals surface area contributed by atoms with E-state index in [-0.39, 0.29) is 5.41 Å². The fourth-order valence-electron chi connectivity index (χ4n) is 1.49. The standard InChI is InChI=1S/C12H27NOS/c1-7-13-11(12(4,5)6)9-15(14)8-10(2)3/h10-11,13H,7-9H2,1-6H3. The van der Waals surface area contributed by atoms with E-state index in [0.29, 0.717) is 12.0 Å². The third kappa shape index (κ3) is 7.07. The summed E-state index contributed by atoms with van der Waals surface area (Å²) in [5.41, 5.74) is 0.183. The van der Waals surface area contributed by atoms with E-state index in [9.17, 15) is 4.21 Å². The van der Waals surface area contributed by atoms with Gasteiger partial charge in [-0.25, -0.2) is 0 Å². The van der Waals surface area contributed by atoms with Crippen molar-refractivity contribution in [2.75, 3.05) is 18.1 Å². The Balaban J connectivity index is 4.23. The van der Waals surface area contributed by atoms with Crippen molar-refractivity contribution in [2.24, 2.45) is 11.3 Å². The summed E-state index contributed by atoms with van der Waals surface area (Å²) >= 11 is 0. The Hall–Kier alpha value is 0.110. The smallest absolute Gasteiger partial charge is 0.0393 e. The molecule has 2 atom stereocenters. The first-order valence-electron chi connectivity index (χ1n) is 5.85. The highest BCUT2D eigenvalue weighted by Gasteiger charge is 2.25. The van der Waals surface area contributed by atoms with E-state index >= 15 is 0 Å². The van der Waals surface area contributed by atoms with Crippen LogP contribution in [0.3, 0.4) is 0 Å². The van der Waals surface area contributed by atoms with E-state index in [1.165, 1.54) is 0 Å². The van der Waals surface area contributed by atoms with Crippen molar-refractivity contribution in [1.82, 2.24) is 5.32 Å². The lowest BCUT2D eigenvalue weighted by Gasteiger charge is -2.31. The van der Waals surface area contributed by atoms with Gasteiger partial charge in [-0.05, 0) is 17.9 Å². The minimum absolute atomic E-state index is 0.183. The second kappa shape index (κ2) is 6.64. The first-order chi connectivity index (χ1) is 6.77. The fourth-order valence-corrected chi connectivity index (χ4v) is 3.36. The van der Waals surface area contributed by atoms with Crippen LogP contribution in [0.5, 0.6) is 0 Å². The number of nitrogens with one attached hydrogen (secondary N) is 1. The highest BCUT2D eigenvalue weighted by molar-refractivity contribution is 7.85. The molecule has 0 fully saturated rings. The van der Waals surface area contributed by atoms with Crippen LogP contribution in [0, 0.1) is 11.3 Å². The van der Waals surface area contributed by atoms with Gasteiger partial charge in [0.15, 0.2) is 0 Å². The van der Waals surface area contributed by atoms with Crippen molar-refractivity contribution in [3.63, 3.8) is 0 Å². The zero-order valence-electron chi connectivity index (χ0n) is 11.1. The number of hydrogen-bond acceptors (Lipinski definition) is 2. The molecule has 2 nitrogen and oxygen atoms in total. The molecule has 0 saturated heterocycles. The van der Waals surface area contributed by atoms with Gasteiger partial charge in [-0.3, -0.25) is 4.21 Å². The highest BCUT2D eigenvalue weighted by Crippen LogP contribution is 2.20. The van der Waals surface area contributed by atoms with Crippen LogP contribution in [0.4, 0.5) is 0 Å².